The van der Waals surface area contributed by atoms with Crippen molar-refractivity contribution in [2.45, 2.75) is 6.92 Å². The highest BCUT2D eigenvalue weighted by Gasteiger charge is 2.25. The molecule has 1 heterocycles. The Hall–Kier alpha value is -1.30. The van der Waals surface area contributed by atoms with Crippen molar-refractivity contribution >= 4 is 40.7 Å². The highest BCUT2D eigenvalue weighted by Crippen LogP contribution is 2.22. The van der Waals surface area contributed by atoms with E-state index in [-0.39, 0.29) is 0 Å². The third-order valence-corrected chi connectivity index (χ3v) is 3.86. The second kappa shape index (κ2) is 7.11. The van der Waals surface area contributed by atoms with Gasteiger partial charge in [0.25, 0.3) is 0 Å². The lowest BCUT2D eigenvalue weighted by Crippen LogP contribution is -2.51. The molecule has 7 heteroatoms. The number of hydrogen-bond donors (Lipinski definition) is 1. The maximum Gasteiger partial charge on any atom is 0.313 e. The molecule has 0 atom stereocenters. The molecule has 1 N–H and O–H groups in total. The lowest BCUT2D eigenvalue weighted by molar-refractivity contribution is -0.144. The van der Waals surface area contributed by atoms with Crippen LogP contribution in [0.25, 0.3) is 0 Å². The van der Waals surface area contributed by atoms with Crippen LogP contribution in [0.3, 0.4) is 0 Å². The number of benzene rings is 1. The second-order valence-corrected chi connectivity index (χ2v) is 5.71. The predicted octanol–water partition coefficient (Wildman–Crippen LogP) is 2.10. The molecule has 0 spiro atoms. The average Bonchev–Trinajstić information content (AvgIpc) is 2.45. The van der Waals surface area contributed by atoms with Crippen molar-refractivity contribution in [1.82, 2.24) is 9.80 Å². The lowest BCUT2D eigenvalue weighted by Gasteiger charge is -2.33. The summed E-state index contributed by atoms with van der Waals surface area (Å²) in [5, 5.41) is 3.34. The summed E-state index contributed by atoms with van der Waals surface area (Å²) in [6, 6.07) is 4.66. The number of anilines is 1. The Kier molecular flexibility index (Phi) is 5.45. The van der Waals surface area contributed by atoms with Crippen LogP contribution in [0, 0.1) is 0 Å². The van der Waals surface area contributed by atoms with Crippen LogP contribution in [0.15, 0.2) is 18.2 Å². The molecule has 1 fully saturated rings. The first-order valence-electron chi connectivity index (χ1n) is 6.78. The van der Waals surface area contributed by atoms with Crippen LogP contribution in [0.1, 0.15) is 6.92 Å². The number of piperazine rings is 1. The van der Waals surface area contributed by atoms with Gasteiger partial charge in [-0.3, -0.25) is 9.59 Å². The van der Waals surface area contributed by atoms with Crippen molar-refractivity contribution in [2.24, 2.45) is 0 Å². The van der Waals surface area contributed by atoms with E-state index in [0.29, 0.717) is 28.8 Å². The Morgan fingerprint density at radius 1 is 1.10 bits per heavy atom. The summed E-state index contributed by atoms with van der Waals surface area (Å²) < 4.78 is 0. The average molecular weight is 330 g/mol. The van der Waals surface area contributed by atoms with Crippen molar-refractivity contribution in [1.29, 1.82) is 0 Å². The van der Waals surface area contributed by atoms with Gasteiger partial charge < -0.3 is 15.1 Å². The van der Waals surface area contributed by atoms with E-state index < -0.39 is 11.8 Å². The Bertz CT molecular complexity index is 523. The molecule has 2 rings (SSSR count). The molecule has 0 radical (unpaired) electrons. The normalized spacial score (nSPS) is 15.9. The molecule has 114 valence electrons. The van der Waals surface area contributed by atoms with Gasteiger partial charge in [0.15, 0.2) is 0 Å². The number of carbonyl (C=O) groups is 2. The largest absolute Gasteiger partial charge is 0.332 e. The fourth-order valence-corrected chi connectivity index (χ4v) is 2.75. The van der Waals surface area contributed by atoms with Gasteiger partial charge in [-0.1, -0.05) is 30.1 Å². The van der Waals surface area contributed by atoms with Crippen LogP contribution in [0.4, 0.5) is 5.69 Å². The number of carbonyl (C=O) groups excluding carboxylic acids is 2. The molecule has 0 unspecified atom stereocenters. The molecular formula is C14H17Cl2N3O2. The second-order valence-electron chi connectivity index (χ2n) is 4.84. The molecule has 1 aliphatic rings. The van der Waals surface area contributed by atoms with Crippen LogP contribution < -0.4 is 5.32 Å². The van der Waals surface area contributed by atoms with Crippen molar-refractivity contribution < 1.29 is 9.59 Å². The summed E-state index contributed by atoms with van der Waals surface area (Å²) in [7, 11) is 0. The molecule has 0 aliphatic carbocycles. The summed E-state index contributed by atoms with van der Waals surface area (Å²) in [6.07, 6.45) is 0. The Labute approximate surface area is 133 Å². The SMILES string of the molecule is CCN1CCN(C(=O)C(=O)Nc2cc(Cl)cc(Cl)c2)CC1. The molecule has 0 saturated carbocycles. The monoisotopic (exact) mass is 329 g/mol. The maximum atomic E-state index is 12.1. The van der Waals surface area contributed by atoms with Gasteiger partial charge in [-0.15, -0.1) is 0 Å². The van der Waals surface area contributed by atoms with E-state index in [2.05, 4.69) is 17.1 Å². The van der Waals surface area contributed by atoms with Gasteiger partial charge in [0.05, 0.1) is 0 Å². The van der Waals surface area contributed by atoms with E-state index in [1.165, 1.54) is 0 Å². The maximum absolute atomic E-state index is 12.1. The van der Waals surface area contributed by atoms with Crippen LogP contribution in [-0.4, -0.2) is 54.3 Å². The third kappa shape index (κ3) is 4.33. The smallest absolute Gasteiger partial charge is 0.313 e. The summed E-state index contributed by atoms with van der Waals surface area (Å²) in [5.74, 6) is -1.19. The van der Waals surface area contributed by atoms with E-state index >= 15 is 0 Å². The first kappa shape index (κ1) is 16.1. The van der Waals surface area contributed by atoms with E-state index in [1.54, 1.807) is 23.1 Å². The molecule has 21 heavy (non-hydrogen) atoms. The highest BCUT2D eigenvalue weighted by atomic mass is 35.5. The standard InChI is InChI=1S/C14H17Cl2N3O2/c1-2-18-3-5-19(6-4-18)14(21)13(20)17-12-8-10(15)7-11(16)9-12/h7-9H,2-6H2,1H3,(H,17,20). The van der Waals surface area contributed by atoms with Crippen molar-refractivity contribution in [2.75, 3.05) is 38.0 Å². The van der Waals surface area contributed by atoms with Crippen LogP contribution in [0.5, 0.6) is 0 Å². The number of amides is 2. The Balaban J connectivity index is 1.95. The van der Waals surface area contributed by atoms with Crippen molar-refractivity contribution in [3.8, 4) is 0 Å². The summed E-state index contributed by atoms with van der Waals surface area (Å²) in [5.41, 5.74) is 0.415. The van der Waals surface area contributed by atoms with Crippen molar-refractivity contribution in [3.05, 3.63) is 28.2 Å². The van der Waals surface area contributed by atoms with Crippen molar-refractivity contribution in [3.63, 3.8) is 0 Å². The zero-order chi connectivity index (χ0) is 15.4. The zero-order valence-electron chi connectivity index (χ0n) is 11.7. The van der Waals surface area contributed by atoms with Crippen LogP contribution in [0.2, 0.25) is 10.0 Å². The minimum absolute atomic E-state index is 0.404. The number of likely N-dealkylation sites (N-methyl/N-ethyl adjacent to an activating group) is 1. The van der Waals surface area contributed by atoms with Gasteiger partial charge in [0.1, 0.15) is 0 Å². The van der Waals surface area contributed by atoms with E-state index in [4.69, 9.17) is 23.2 Å². The molecular weight excluding hydrogens is 313 g/mol. The fraction of sp³-hybridized carbons (Fsp3) is 0.429. The molecule has 1 aliphatic heterocycles. The van der Waals surface area contributed by atoms with Gasteiger partial charge in [-0.05, 0) is 24.7 Å². The van der Waals surface area contributed by atoms with Gasteiger partial charge in [-0.2, -0.15) is 0 Å². The quantitative estimate of drug-likeness (QED) is 0.845. The van der Waals surface area contributed by atoms with Crippen LogP contribution in [-0.2, 0) is 9.59 Å². The molecule has 1 aromatic carbocycles. The van der Waals surface area contributed by atoms with E-state index in [0.717, 1.165) is 19.6 Å². The minimum Gasteiger partial charge on any atom is -0.332 e. The molecule has 0 bridgehead atoms. The topological polar surface area (TPSA) is 52.7 Å². The highest BCUT2D eigenvalue weighted by molar-refractivity contribution is 6.40. The van der Waals surface area contributed by atoms with Crippen LogP contribution >= 0.6 is 23.2 Å². The zero-order valence-corrected chi connectivity index (χ0v) is 13.2. The van der Waals surface area contributed by atoms with Gasteiger partial charge in [-0.25, -0.2) is 0 Å². The molecule has 1 saturated heterocycles. The van der Waals surface area contributed by atoms with Gasteiger partial charge >= 0.3 is 11.8 Å². The summed E-state index contributed by atoms with van der Waals surface area (Å²) in [6.45, 7) is 5.74. The Morgan fingerprint density at radius 2 is 1.67 bits per heavy atom. The summed E-state index contributed by atoms with van der Waals surface area (Å²) in [4.78, 5) is 27.9. The number of nitrogens with zero attached hydrogens (tertiary/aromatic N) is 2. The van der Waals surface area contributed by atoms with Gasteiger partial charge in [0, 0.05) is 41.9 Å². The molecule has 0 aromatic heterocycles. The number of rotatable bonds is 2. The van der Waals surface area contributed by atoms with Gasteiger partial charge in [0.2, 0.25) is 0 Å². The molecule has 2 amide bonds. The number of halogens is 2. The minimum atomic E-state index is -0.668. The first-order chi connectivity index (χ1) is 9.99. The molecule has 5 nitrogen and oxygen atoms in total. The lowest BCUT2D eigenvalue weighted by atomic mass is 10.3. The van der Waals surface area contributed by atoms with E-state index in [9.17, 15) is 9.59 Å². The van der Waals surface area contributed by atoms with E-state index in [1.807, 2.05) is 0 Å². The number of nitrogens with one attached hydrogen (secondary N) is 1. The fourth-order valence-electron chi connectivity index (χ4n) is 2.22. The third-order valence-electron chi connectivity index (χ3n) is 3.42. The number of hydrogen-bond acceptors (Lipinski definition) is 3. The summed E-state index contributed by atoms with van der Waals surface area (Å²) >= 11 is 11.7. The Morgan fingerprint density at radius 3 is 2.19 bits per heavy atom. The first-order valence-corrected chi connectivity index (χ1v) is 7.54. The molecule has 1 aromatic rings. The predicted molar refractivity (Wildman–Crippen MR) is 83.8 cm³/mol.